The number of carbonyl (C=O) groups excluding carboxylic acids is 1. The van der Waals surface area contributed by atoms with Crippen molar-refractivity contribution in [3.63, 3.8) is 0 Å². The van der Waals surface area contributed by atoms with Gasteiger partial charge in [-0.25, -0.2) is 0 Å². The van der Waals surface area contributed by atoms with E-state index < -0.39 is 5.54 Å². The zero-order chi connectivity index (χ0) is 17.9. The Hall–Kier alpha value is -1.50. The number of aromatic nitrogens is 1. The highest BCUT2D eigenvalue weighted by molar-refractivity contribution is 5.85. The molecule has 0 spiro atoms. The summed E-state index contributed by atoms with van der Waals surface area (Å²) < 4.78 is 5.40. The van der Waals surface area contributed by atoms with Gasteiger partial charge in [-0.3, -0.25) is 14.7 Å². The van der Waals surface area contributed by atoms with Crippen LogP contribution in [0.5, 0.6) is 0 Å². The maximum Gasteiger partial charge on any atom is 0.240 e. The van der Waals surface area contributed by atoms with Gasteiger partial charge >= 0.3 is 0 Å². The molecule has 25 heavy (non-hydrogen) atoms. The molecule has 1 aromatic heterocycles. The predicted molar refractivity (Wildman–Crippen MR) is 95.1 cm³/mol. The fourth-order valence-corrected chi connectivity index (χ4v) is 3.68. The minimum atomic E-state index is -0.567. The highest BCUT2D eigenvalue weighted by Gasteiger charge is 2.40. The van der Waals surface area contributed by atoms with Crippen molar-refractivity contribution in [3.8, 4) is 0 Å². The monoisotopic (exact) mass is 347 g/mol. The third-order valence-corrected chi connectivity index (χ3v) is 5.60. The standard InChI is InChI=1S/C19H29N3O3/c1-19(2,22-7-9-25-10-8-22)18(24)21-17(15-12-16(23)13-15)11-14-3-5-20-6-4-14/h3-6,15-17,23H,7-13H2,1-2H3,(H,21,24). The Morgan fingerprint density at radius 1 is 1.36 bits per heavy atom. The lowest BCUT2D eigenvalue weighted by molar-refractivity contribution is -0.136. The first-order valence-corrected chi connectivity index (χ1v) is 9.17. The van der Waals surface area contributed by atoms with Crippen LogP contribution in [0.3, 0.4) is 0 Å². The van der Waals surface area contributed by atoms with Gasteiger partial charge in [-0.2, -0.15) is 0 Å². The summed E-state index contributed by atoms with van der Waals surface area (Å²) in [5.74, 6) is 0.377. The van der Waals surface area contributed by atoms with E-state index in [0.717, 1.165) is 37.9 Å². The number of nitrogens with one attached hydrogen (secondary N) is 1. The van der Waals surface area contributed by atoms with Crippen LogP contribution in [-0.4, -0.2) is 64.9 Å². The summed E-state index contributed by atoms with van der Waals surface area (Å²) in [4.78, 5) is 19.3. The average molecular weight is 347 g/mol. The number of pyridine rings is 1. The molecule has 1 saturated carbocycles. The SMILES string of the molecule is CC(C)(C(=O)NC(Cc1ccncc1)C1CC(O)C1)N1CCOCC1. The van der Waals surface area contributed by atoms with Crippen molar-refractivity contribution >= 4 is 5.91 Å². The van der Waals surface area contributed by atoms with E-state index in [1.807, 2.05) is 26.0 Å². The predicted octanol–water partition coefficient (Wildman–Crippen LogP) is 0.991. The van der Waals surface area contributed by atoms with E-state index in [1.54, 1.807) is 12.4 Å². The van der Waals surface area contributed by atoms with E-state index in [2.05, 4.69) is 15.2 Å². The van der Waals surface area contributed by atoms with E-state index in [9.17, 15) is 9.90 Å². The van der Waals surface area contributed by atoms with Crippen molar-refractivity contribution < 1.29 is 14.6 Å². The van der Waals surface area contributed by atoms with Gasteiger partial charge in [-0.05, 0) is 56.7 Å². The molecule has 138 valence electrons. The van der Waals surface area contributed by atoms with Gasteiger partial charge in [0.05, 0.1) is 24.9 Å². The lowest BCUT2D eigenvalue weighted by Gasteiger charge is -2.43. The maximum absolute atomic E-state index is 13.0. The number of aliphatic hydroxyl groups is 1. The second-order valence-corrected chi connectivity index (χ2v) is 7.68. The Morgan fingerprint density at radius 3 is 2.60 bits per heavy atom. The second-order valence-electron chi connectivity index (χ2n) is 7.68. The molecule has 2 aliphatic rings. The fraction of sp³-hybridized carbons (Fsp3) is 0.684. The molecule has 2 heterocycles. The molecule has 1 saturated heterocycles. The molecule has 3 rings (SSSR count). The van der Waals surface area contributed by atoms with Crippen molar-refractivity contribution in [3.05, 3.63) is 30.1 Å². The molecule has 1 aromatic rings. The molecule has 1 aliphatic carbocycles. The van der Waals surface area contributed by atoms with Crippen LogP contribution in [0.25, 0.3) is 0 Å². The largest absolute Gasteiger partial charge is 0.393 e. The molecule has 6 nitrogen and oxygen atoms in total. The van der Waals surface area contributed by atoms with Gasteiger partial charge < -0.3 is 15.2 Å². The minimum absolute atomic E-state index is 0.0404. The first kappa shape index (κ1) is 18.3. The number of ether oxygens (including phenoxy) is 1. The molecule has 0 bridgehead atoms. The Balaban J connectivity index is 1.67. The molecule has 1 atom stereocenters. The number of nitrogens with zero attached hydrogens (tertiary/aromatic N) is 2. The molecule has 2 fully saturated rings. The number of hydrogen-bond acceptors (Lipinski definition) is 5. The van der Waals surface area contributed by atoms with Gasteiger partial charge in [0.15, 0.2) is 0 Å². The number of aliphatic hydroxyl groups excluding tert-OH is 1. The summed E-state index contributed by atoms with van der Waals surface area (Å²) in [6, 6.07) is 4.02. The topological polar surface area (TPSA) is 74.7 Å². The van der Waals surface area contributed by atoms with Gasteiger partial charge in [-0.1, -0.05) is 0 Å². The van der Waals surface area contributed by atoms with Gasteiger partial charge in [0.25, 0.3) is 0 Å². The van der Waals surface area contributed by atoms with E-state index >= 15 is 0 Å². The number of morpholine rings is 1. The molecule has 1 aliphatic heterocycles. The molecule has 0 aromatic carbocycles. The van der Waals surface area contributed by atoms with Gasteiger partial charge in [0.2, 0.25) is 5.91 Å². The molecule has 0 radical (unpaired) electrons. The summed E-state index contributed by atoms with van der Waals surface area (Å²) in [5.41, 5.74) is 0.591. The van der Waals surface area contributed by atoms with Crippen LogP contribution >= 0.6 is 0 Å². The number of carbonyl (C=O) groups is 1. The van der Waals surface area contributed by atoms with Crippen molar-refractivity contribution in [1.82, 2.24) is 15.2 Å². The van der Waals surface area contributed by atoms with Crippen LogP contribution in [0, 0.1) is 5.92 Å². The van der Waals surface area contributed by atoms with Crippen LogP contribution in [0.4, 0.5) is 0 Å². The van der Waals surface area contributed by atoms with Gasteiger partial charge in [0, 0.05) is 31.5 Å². The Morgan fingerprint density at radius 2 is 2.00 bits per heavy atom. The average Bonchev–Trinajstić information content (AvgIpc) is 2.60. The fourth-order valence-electron chi connectivity index (χ4n) is 3.68. The van der Waals surface area contributed by atoms with Crippen molar-refractivity contribution in [2.45, 2.75) is 50.8 Å². The summed E-state index contributed by atoms with van der Waals surface area (Å²) in [5, 5.41) is 13.0. The zero-order valence-corrected chi connectivity index (χ0v) is 15.1. The quantitative estimate of drug-likeness (QED) is 0.803. The molecule has 1 unspecified atom stereocenters. The lowest BCUT2D eigenvalue weighted by Crippen LogP contribution is -2.61. The van der Waals surface area contributed by atoms with Crippen LogP contribution in [0.15, 0.2) is 24.5 Å². The molecule has 1 amide bonds. The number of amides is 1. The summed E-state index contributed by atoms with van der Waals surface area (Å²) in [7, 11) is 0. The van der Waals surface area contributed by atoms with Gasteiger partial charge in [0.1, 0.15) is 0 Å². The van der Waals surface area contributed by atoms with Crippen LogP contribution in [0.2, 0.25) is 0 Å². The minimum Gasteiger partial charge on any atom is -0.393 e. The van der Waals surface area contributed by atoms with Crippen molar-refractivity contribution in [2.24, 2.45) is 5.92 Å². The molecule has 6 heteroatoms. The molecule has 2 N–H and O–H groups in total. The second kappa shape index (κ2) is 7.81. The normalized spacial score (nSPS) is 25.9. The van der Waals surface area contributed by atoms with E-state index in [4.69, 9.17) is 4.74 Å². The summed E-state index contributed by atoms with van der Waals surface area (Å²) in [6.45, 7) is 6.85. The molecular weight excluding hydrogens is 318 g/mol. The maximum atomic E-state index is 13.0. The Bertz CT molecular complexity index is 567. The number of hydrogen-bond donors (Lipinski definition) is 2. The van der Waals surface area contributed by atoms with Crippen molar-refractivity contribution in [2.75, 3.05) is 26.3 Å². The van der Waals surface area contributed by atoms with Gasteiger partial charge in [-0.15, -0.1) is 0 Å². The summed E-state index contributed by atoms with van der Waals surface area (Å²) in [6.07, 6.45) is 5.62. The lowest BCUT2D eigenvalue weighted by atomic mass is 9.75. The van der Waals surface area contributed by atoms with Crippen LogP contribution in [-0.2, 0) is 16.0 Å². The van der Waals surface area contributed by atoms with E-state index in [0.29, 0.717) is 19.1 Å². The zero-order valence-electron chi connectivity index (χ0n) is 15.1. The van der Waals surface area contributed by atoms with E-state index in [1.165, 1.54) is 0 Å². The highest BCUT2D eigenvalue weighted by Crippen LogP contribution is 2.32. The summed E-state index contributed by atoms with van der Waals surface area (Å²) >= 11 is 0. The Kier molecular flexibility index (Phi) is 5.71. The third-order valence-electron chi connectivity index (χ3n) is 5.60. The first-order chi connectivity index (χ1) is 12.0. The third kappa shape index (κ3) is 4.37. The van der Waals surface area contributed by atoms with Crippen molar-refractivity contribution in [1.29, 1.82) is 0 Å². The molecular formula is C19H29N3O3. The first-order valence-electron chi connectivity index (χ1n) is 9.17. The van der Waals surface area contributed by atoms with Crippen LogP contribution < -0.4 is 5.32 Å². The van der Waals surface area contributed by atoms with E-state index in [-0.39, 0.29) is 18.1 Å². The number of rotatable bonds is 6. The van der Waals surface area contributed by atoms with Crippen LogP contribution in [0.1, 0.15) is 32.3 Å². The smallest absolute Gasteiger partial charge is 0.240 e. The Labute approximate surface area is 149 Å². The highest BCUT2D eigenvalue weighted by atomic mass is 16.5.